The molecular formula is C12H15BrF3NO. The fourth-order valence-corrected chi connectivity index (χ4v) is 1.76. The van der Waals surface area contributed by atoms with Gasteiger partial charge < -0.3 is 10.4 Å². The van der Waals surface area contributed by atoms with Gasteiger partial charge in [-0.25, -0.2) is 0 Å². The average Bonchev–Trinajstić information content (AvgIpc) is 2.26. The monoisotopic (exact) mass is 325 g/mol. The Hall–Kier alpha value is -0.750. The summed E-state index contributed by atoms with van der Waals surface area (Å²) in [4.78, 5) is 0. The lowest BCUT2D eigenvalue weighted by Gasteiger charge is -2.23. The predicted octanol–water partition coefficient (Wildman–Crippen LogP) is 4.04. The van der Waals surface area contributed by atoms with E-state index in [9.17, 15) is 18.3 Å². The van der Waals surface area contributed by atoms with Gasteiger partial charge in [-0.05, 0) is 47.5 Å². The summed E-state index contributed by atoms with van der Waals surface area (Å²) in [7, 11) is 0. The molecule has 0 aliphatic rings. The first kappa shape index (κ1) is 15.3. The maximum Gasteiger partial charge on any atom is 0.416 e. The lowest BCUT2D eigenvalue weighted by atomic mass is 10.0. The third kappa shape index (κ3) is 4.17. The molecule has 2 N–H and O–H groups in total. The van der Waals surface area contributed by atoms with Crippen LogP contribution in [0.25, 0.3) is 0 Å². The molecule has 0 aliphatic carbocycles. The maximum atomic E-state index is 12.4. The zero-order valence-electron chi connectivity index (χ0n) is 10.1. The van der Waals surface area contributed by atoms with Gasteiger partial charge in [0.05, 0.1) is 11.2 Å². The van der Waals surface area contributed by atoms with Gasteiger partial charge in [-0.15, -0.1) is 0 Å². The van der Waals surface area contributed by atoms with E-state index in [4.69, 9.17) is 0 Å². The second-order valence-electron chi connectivity index (χ2n) is 4.40. The molecule has 0 radical (unpaired) electrons. The Morgan fingerprint density at radius 2 is 1.94 bits per heavy atom. The highest BCUT2D eigenvalue weighted by Gasteiger charge is 2.30. The van der Waals surface area contributed by atoms with Gasteiger partial charge in [0, 0.05) is 16.7 Å². The van der Waals surface area contributed by atoms with Gasteiger partial charge in [-0.1, -0.05) is 6.92 Å². The number of alkyl halides is 3. The SMILES string of the molecule is CCC(C)(O)CNc1ccc(C(F)(F)F)cc1Br. The van der Waals surface area contributed by atoms with Crippen LogP contribution in [0.1, 0.15) is 25.8 Å². The van der Waals surface area contributed by atoms with Crippen molar-refractivity contribution in [2.75, 3.05) is 11.9 Å². The quantitative estimate of drug-likeness (QED) is 0.875. The molecular weight excluding hydrogens is 311 g/mol. The Bertz CT molecular complexity index is 418. The van der Waals surface area contributed by atoms with Crippen LogP contribution in [0.2, 0.25) is 0 Å². The van der Waals surface area contributed by atoms with Crippen LogP contribution in [-0.4, -0.2) is 17.3 Å². The summed E-state index contributed by atoms with van der Waals surface area (Å²) in [6.45, 7) is 3.77. The third-order valence-corrected chi connectivity index (χ3v) is 3.37. The molecule has 18 heavy (non-hydrogen) atoms. The minimum atomic E-state index is -4.35. The van der Waals surface area contributed by atoms with Gasteiger partial charge in [0.1, 0.15) is 0 Å². The number of nitrogens with one attached hydrogen (secondary N) is 1. The molecule has 6 heteroatoms. The number of halogens is 4. The number of hydrogen-bond acceptors (Lipinski definition) is 2. The van der Waals surface area contributed by atoms with E-state index in [1.807, 2.05) is 6.92 Å². The van der Waals surface area contributed by atoms with Crippen molar-refractivity contribution in [2.24, 2.45) is 0 Å². The number of aliphatic hydroxyl groups is 1. The number of anilines is 1. The highest BCUT2D eigenvalue weighted by molar-refractivity contribution is 9.10. The minimum Gasteiger partial charge on any atom is -0.388 e. The van der Waals surface area contributed by atoms with Crippen molar-refractivity contribution in [1.29, 1.82) is 0 Å². The highest BCUT2D eigenvalue weighted by atomic mass is 79.9. The molecule has 1 aromatic carbocycles. The fraction of sp³-hybridized carbons (Fsp3) is 0.500. The van der Waals surface area contributed by atoms with Crippen LogP contribution in [-0.2, 0) is 6.18 Å². The van der Waals surface area contributed by atoms with E-state index in [1.165, 1.54) is 6.07 Å². The van der Waals surface area contributed by atoms with Crippen molar-refractivity contribution in [3.63, 3.8) is 0 Å². The Kier molecular flexibility index (Phi) is 4.66. The first-order chi connectivity index (χ1) is 8.15. The minimum absolute atomic E-state index is 0.271. The van der Waals surface area contributed by atoms with Gasteiger partial charge in [-0.2, -0.15) is 13.2 Å². The molecule has 0 heterocycles. The summed E-state index contributed by atoms with van der Waals surface area (Å²) >= 11 is 3.09. The van der Waals surface area contributed by atoms with Crippen molar-refractivity contribution in [2.45, 2.75) is 32.0 Å². The molecule has 0 spiro atoms. The van der Waals surface area contributed by atoms with Crippen LogP contribution in [0.4, 0.5) is 18.9 Å². The molecule has 1 unspecified atom stereocenters. The molecule has 0 amide bonds. The van der Waals surface area contributed by atoms with Crippen LogP contribution in [0.15, 0.2) is 22.7 Å². The zero-order chi connectivity index (χ0) is 14.0. The normalized spacial score (nSPS) is 15.3. The summed E-state index contributed by atoms with van der Waals surface area (Å²) in [6.07, 6.45) is -3.80. The Morgan fingerprint density at radius 3 is 2.39 bits per heavy atom. The van der Waals surface area contributed by atoms with Crippen molar-refractivity contribution >= 4 is 21.6 Å². The molecule has 1 rings (SSSR count). The van der Waals surface area contributed by atoms with Crippen molar-refractivity contribution in [1.82, 2.24) is 0 Å². The average molecular weight is 326 g/mol. The Labute approximate surface area is 112 Å². The van der Waals surface area contributed by atoms with Gasteiger partial charge in [-0.3, -0.25) is 0 Å². The van der Waals surface area contributed by atoms with Crippen molar-refractivity contribution in [3.05, 3.63) is 28.2 Å². The van der Waals surface area contributed by atoms with Gasteiger partial charge in [0.15, 0.2) is 0 Å². The molecule has 0 aliphatic heterocycles. The molecule has 1 aromatic rings. The van der Waals surface area contributed by atoms with Gasteiger partial charge >= 0.3 is 6.18 Å². The molecule has 0 saturated heterocycles. The second-order valence-corrected chi connectivity index (χ2v) is 5.25. The van der Waals surface area contributed by atoms with Crippen LogP contribution in [0, 0.1) is 0 Å². The molecule has 0 aromatic heterocycles. The van der Waals surface area contributed by atoms with Crippen LogP contribution in [0.3, 0.4) is 0 Å². The first-order valence-electron chi connectivity index (χ1n) is 5.49. The Balaban J connectivity index is 2.81. The van der Waals surface area contributed by atoms with E-state index in [0.29, 0.717) is 16.6 Å². The zero-order valence-corrected chi connectivity index (χ0v) is 11.7. The van der Waals surface area contributed by atoms with Gasteiger partial charge in [0.2, 0.25) is 0 Å². The fourth-order valence-electron chi connectivity index (χ4n) is 1.25. The number of benzene rings is 1. The van der Waals surface area contributed by atoms with E-state index < -0.39 is 17.3 Å². The highest BCUT2D eigenvalue weighted by Crippen LogP contribution is 2.34. The molecule has 0 bridgehead atoms. The topological polar surface area (TPSA) is 32.3 Å². The molecule has 0 saturated carbocycles. The third-order valence-electron chi connectivity index (χ3n) is 2.72. The lowest BCUT2D eigenvalue weighted by Crippen LogP contribution is -2.32. The maximum absolute atomic E-state index is 12.4. The summed E-state index contributed by atoms with van der Waals surface area (Å²) < 4.78 is 37.7. The molecule has 2 nitrogen and oxygen atoms in total. The lowest BCUT2D eigenvalue weighted by molar-refractivity contribution is -0.137. The van der Waals surface area contributed by atoms with Crippen LogP contribution >= 0.6 is 15.9 Å². The van der Waals surface area contributed by atoms with Crippen molar-refractivity contribution < 1.29 is 18.3 Å². The second kappa shape index (κ2) is 5.48. The van der Waals surface area contributed by atoms with E-state index in [2.05, 4.69) is 21.2 Å². The van der Waals surface area contributed by atoms with E-state index in [0.717, 1.165) is 12.1 Å². The summed E-state index contributed by atoms with van der Waals surface area (Å²) in [6, 6.07) is 3.37. The largest absolute Gasteiger partial charge is 0.416 e. The summed E-state index contributed by atoms with van der Waals surface area (Å²) in [5.74, 6) is 0. The van der Waals surface area contributed by atoms with Crippen LogP contribution in [0.5, 0.6) is 0 Å². The van der Waals surface area contributed by atoms with E-state index >= 15 is 0 Å². The number of hydrogen-bond donors (Lipinski definition) is 2. The van der Waals surface area contributed by atoms with Crippen LogP contribution < -0.4 is 5.32 Å². The van der Waals surface area contributed by atoms with Gasteiger partial charge in [0.25, 0.3) is 0 Å². The molecule has 1 atom stereocenters. The van der Waals surface area contributed by atoms with E-state index in [-0.39, 0.29) is 6.54 Å². The first-order valence-corrected chi connectivity index (χ1v) is 6.28. The predicted molar refractivity (Wildman–Crippen MR) is 68.5 cm³/mol. The van der Waals surface area contributed by atoms with Crippen molar-refractivity contribution in [3.8, 4) is 0 Å². The number of rotatable bonds is 4. The molecule has 102 valence electrons. The van der Waals surface area contributed by atoms with E-state index in [1.54, 1.807) is 6.92 Å². The summed E-state index contributed by atoms with van der Waals surface area (Å²) in [5, 5.41) is 12.7. The smallest absolute Gasteiger partial charge is 0.388 e. The molecule has 0 fully saturated rings. The summed E-state index contributed by atoms with van der Waals surface area (Å²) in [5.41, 5.74) is -1.07. The standard InChI is InChI=1S/C12H15BrF3NO/c1-3-11(2,18)7-17-10-5-4-8(6-9(10)13)12(14,15)16/h4-6,17-18H,3,7H2,1-2H3. The Morgan fingerprint density at radius 1 is 1.33 bits per heavy atom.